The number of rotatable bonds is 2. The maximum Gasteiger partial charge on any atom is 0.269 e. The minimum atomic E-state index is -0.368. The number of aryl methyl sites for hydroxylation is 1. The lowest BCUT2D eigenvalue weighted by atomic mass is 10.1. The molecular weight excluding hydrogens is 308 g/mol. The highest BCUT2D eigenvalue weighted by Crippen LogP contribution is 2.17. The summed E-state index contributed by atoms with van der Waals surface area (Å²) in [5.41, 5.74) is 9.07. The lowest BCUT2D eigenvalue weighted by Crippen LogP contribution is -2.43. The van der Waals surface area contributed by atoms with Gasteiger partial charge in [0, 0.05) is 11.3 Å². The van der Waals surface area contributed by atoms with Crippen molar-refractivity contribution in [3.05, 3.63) is 64.7 Å². The molecule has 6 heteroatoms. The van der Waals surface area contributed by atoms with E-state index < -0.39 is 0 Å². The first-order valence-electron chi connectivity index (χ1n) is 6.95. The van der Waals surface area contributed by atoms with E-state index in [1.165, 1.54) is 6.07 Å². The number of hydrogen-bond donors (Lipinski definition) is 3. The molecule has 0 spiro atoms. The summed E-state index contributed by atoms with van der Waals surface area (Å²) in [5.74, 6) is -0.368. The van der Waals surface area contributed by atoms with Gasteiger partial charge in [-0.3, -0.25) is 15.6 Å². The maximum absolute atomic E-state index is 12.0. The molecule has 0 unspecified atom stereocenters. The van der Waals surface area contributed by atoms with Gasteiger partial charge < -0.3 is 5.32 Å². The van der Waals surface area contributed by atoms with Crippen LogP contribution in [0.2, 0.25) is 0 Å². The molecule has 1 amide bonds. The number of carbonyl (C=O) groups is 1. The molecule has 2 aromatic rings. The van der Waals surface area contributed by atoms with Crippen LogP contribution in [-0.2, 0) is 0 Å². The summed E-state index contributed by atoms with van der Waals surface area (Å²) >= 11 is 5.17. The second-order valence-electron chi connectivity index (χ2n) is 4.97. The van der Waals surface area contributed by atoms with Crippen molar-refractivity contribution in [3.63, 3.8) is 0 Å². The molecule has 116 valence electrons. The molecule has 0 heterocycles. The molecule has 0 aliphatic carbocycles. The van der Waals surface area contributed by atoms with Crippen molar-refractivity contribution in [2.45, 2.75) is 13.8 Å². The molecule has 0 bridgehead atoms. The Kier molecular flexibility index (Phi) is 5.28. The van der Waals surface area contributed by atoms with Crippen LogP contribution in [-0.4, -0.2) is 11.0 Å². The average Bonchev–Trinajstić information content (AvgIpc) is 2.57. The Hall–Kier alpha value is -2.91. The van der Waals surface area contributed by atoms with Crippen LogP contribution in [0.5, 0.6) is 0 Å². The summed E-state index contributed by atoms with van der Waals surface area (Å²) in [6, 6.07) is 14.3. The number of carbonyl (C=O) groups excluding carboxylic acids is 1. The van der Waals surface area contributed by atoms with Gasteiger partial charge >= 0.3 is 0 Å². The molecule has 0 aromatic heterocycles. The molecule has 0 aliphatic heterocycles. The van der Waals surface area contributed by atoms with Crippen molar-refractivity contribution < 1.29 is 4.79 Å². The number of nitrogens with zero attached hydrogens (tertiary/aromatic N) is 1. The minimum absolute atomic E-state index is 0.281. The number of amides is 1. The number of hydrogen-bond acceptors (Lipinski definition) is 3. The predicted molar refractivity (Wildman–Crippen MR) is 93.9 cm³/mol. The van der Waals surface area contributed by atoms with Crippen molar-refractivity contribution in [3.8, 4) is 6.07 Å². The highest BCUT2D eigenvalue weighted by Gasteiger charge is 2.07. The Labute approximate surface area is 140 Å². The number of hydrazine groups is 1. The Morgan fingerprint density at radius 3 is 2.61 bits per heavy atom. The number of thiocarbonyl (C=S) groups is 1. The molecule has 3 N–H and O–H groups in total. The molecule has 23 heavy (non-hydrogen) atoms. The van der Waals surface area contributed by atoms with Gasteiger partial charge in [0.15, 0.2) is 5.11 Å². The first-order chi connectivity index (χ1) is 11.0. The van der Waals surface area contributed by atoms with Crippen LogP contribution in [0.1, 0.15) is 27.0 Å². The van der Waals surface area contributed by atoms with Crippen molar-refractivity contribution in [2.24, 2.45) is 0 Å². The second kappa shape index (κ2) is 7.38. The first-order valence-corrected chi connectivity index (χ1v) is 7.36. The van der Waals surface area contributed by atoms with E-state index in [0.29, 0.717) is 11.1 Å². The zero-order valence-electron chi connectivity index (χ0n) is 12.8. The van der Waals surface area contributed by atoms with Gasteiger partial charge in [0.2, 0.25) is 0 Å². The Morgan fingerprint density at radius 2 is 1.87 bits per heavy atom. The maximum atomic E-state index is 12.0. The second-order valence-corrected chi connectivity index (χ2v) is 5.38. The molecular formula is C17H16N4OS. The third-order valence-electron chi connectivity index (χ3n) is 3.40. The smallest absolute Gasteiger partial charge is 0.269 e. The number of benzene rings is 2. The molecule has 2 rings (SSSR count). The largest absolute Gasteiger partial charge is 0.331 e. The number of nitriles is 1. The molecule has 2 aromatic carbocycles. The summed E-state index contributed by atoms with van der Waals surface area (Å²) in [6.45, 7) is 4.01. The topological polar surface area (TPSA) is 76.9 Å². The normalized spacial score (nSPS) is 9.61. The lowest BCUT2D eigenvalue weighted by molar-refractivity contribution is 0.0944. The summed E-state index contributed by atoms with van der Waals surface area (Å²) in [4.78, 5) is 12.0. The van der Waals surface area contributed by atoms with Crippen molar-refractivity contribution in [2.75, 3.05) is 5.32 Å². The molecule has 0 fully saturated rings. The summed E-state index contributed by atoms with van der Waals surface area (Å²) in [6.07, 6.45) is 0. The molecule has 0 saturated heterocycles. The SMILES string of the molecule is Cc1cccc(NC(=S)NNC(=O)c2cccc(C#N)c2)c1C. The van der Waals surface area contributed by atoms with Crippen LogP contribution in [0.3, 0.4) is 0 Å². The fourth-order valence-electron chi connectivity index (χ4n) is 1.96. The lowest BCUT2D eigenvalue weighted by Gasteiger charge is -2.14. The third-order valence-corrected chi connectivity index (χ3v) is 3.60. The quantitative estimate of drug-likeness (QED) is 0.585. The monoisotopic (exact) mass is 324 g/mol. The van der Waals surface area contributed by atoms with Gasteiger partial charge in [-0.2, -0.15) is 5.26 Å². The van der Waals surface area contributed by atoms with Crippen LogP contribution in [0, 0.1) is 25.2 Å². The van der Waals surface area contributed by atoms with E-state index in [2.05, 4.69) is 16.2 Å². The van der Waals surface area contributed by atoms with Crippen LogP contribution in [0.25, 0.3) is 0 Å². The summed E-state index contributed by atoms with van der Waals surface area (Å²) in [7, 11) is 0. The van der Waals surface area contributed by atoms with Crippen LogP contribution < -0.4 is 16.2 Å². The Bertz CT molecular complexity index is 795. The van der Waals surface area contributed by atoms with Gasteiger partial charge in [0.25, 0.3) is 5.91 Å². The predicted octanol–water partition coefficient (Wildman–Crippen LogP) is 2.81. The zero-order valence-corrected chi connectivity index (χ0v) is 13.6. The zero-order chi connectivity index (χ0) is 16.8. The van der Waals surface area contributed by atoms with E-state index in [-0.39, 0.29) is 11.0 Å². The van der Waals surface area contributed by atoms with E-state index >= 15 is 0 Å². The fourth-order valence-corrected chi connectivity index (χ4v) is 2.12. The van der Waals surface area contributed by atoms with Crippen molar-refractivity contribution >= 4 is 28.9 Å². The van der Waals surface area contributed by atoms with Crippen LogP contribution in [0.15, 0.2) is 42.5 Å². The van der Waals surface area contributed by atoms with Crippen LogP contribution in [0.4, 0.5) is 5.69 Å². The van der Waals surface area contributed by atoms with E-state index in [1.54, 1.807) is 18.2 Å². The van der Waals surface area contributed by atoms with Gasteiger partial charge in [-0.05, 0) is 61.5 Å². The molecule has 0 radical (unpaired) electrons. The minimum Gasteiger partial charge on any atom is -0.331 e. The van der Waals surface area contributed by atoms with E-state index in [1.807, 2.05) is 38.1 Å². The van der Waals surface area contributed by atoms with E-state index in [9.17, 15) is 4.79 Å². The number of anilines is 1. The van der Waals surface area contributed by atoms with E-state index in [0.717, 1.165) is 16.8 Å². The standard InChI is InChI=1S/C17H16N4OS/c1-11-5-3-8-15(12(11)2)19-17(23)21-20-16(22)14-7-4-6-13(9-14)10-18/h3-9H,1-2H3,(H,20,22)(H2,19,21,23). The van der Waals surface area contributed by atoms with Crippen LogP contribution >= 0.6 is 12.2 Å². The van der Waals surface area contributed by atoms with Crippen molar-refractivity contribution in [1.82, 2.24) is 10.9 Å². The van der Waals surface area contributed by atoms with Gasteiger partial charge in [-0.15, -0.1) is 0 Å². The highest BCUT2D eigenvalue weighted by molar-refractivity contribution is 7.80. The molecule has 0 atom stereocenters. The molecule has 5 nitrogen and oxygen atoms in total. The first kappa shape index (κ1) is 16.5. The van der Waals surface area contributed by atoms with E-state index in [4.69, 9.17) is 17.5 Å². The van der Waals surface area contributed by atoms with Crippen molar-refractivity contribution in [1.29, 1.82) is 5.26 Å². The Balaban J connectivity index is 1.95. The van der Waals surface area contributed by atoms with Gasteiger partial charge in [-0.25, -0.2) is 0 Å². The summed E-state index contributed by atoms with van der Waals surface area (Å²) in [5, 5.41) is 12.2. The third kappa shape index (κ3) is 4.28. The van der Waals surface area contributed by atoms with Gasteiger partial charge in [-0.1, -0.05) is 18.2 Å². The Morgan fingerprint density at radius 1 is 1.13 bits per heavy atom. The van der Waals surface area contributed by atoms with Gasteiger partial charge in [0.05, 0.1) is 11.6 Å². The molecule has 0 aliphatic rings. The average molecular weight is 324 g/mol. The number of nitrogens with one attached hydrogen (secondary N) is 3. The fraction of sp³-hybridized carbons (Fsp3) is 0.118. The molecule has 0 saturated carbocycles. The highest BCUT2D eigenvalue weighted by atomic mass is 32.1. The van der Waals surface area contributed by atoms with Gasteiger partial charge in [0.1, 0.15) is 0 Å². The summed E-state index contributed by atoms with van der Waals surface area (Å²) < 4.78 is 0.